The Hall–Kier alpha value is -4.68. The Labute approximate surface area is 234 Å². The van der Waals surface area contributed by atoms with Gasteiger partial charge in [0.25, 0.3) is 0 Å². The summed E-state index contributed by atoms with van der Waals surface area (Å²) in [7, 11) is 0. The van der Waals surface area contributed by atoms with Crippen LogP contribution in [0.2, 0.25) is 0 Å². The van der Waals surface area contributed by atoms with E-state index in [1.165, 1.54) is 19.9 Å². The summed E-state index contributed by atoms with van der Waals surface area (Å²) in [5.74, 6) is -0.450. The van der Waals surface area contributed by atoms with Gasteiger partial charge in [0.2, 0.25) is 11.9 Å². The first kappa shape index (κ1) is 27.9. The molecule has 0 atom stereocenters. The van der Waals surface area contributed by atoms with E-state index >= 15 is 4.39 Å². The number of amides is 2. The van der Waals surface area contributed by atoms with Crippen LogP contribution in [0.4, 0.5) is 25.3 Å². The van der Waals surface area contributed by atoms with Crippen LogP contribution in [0.3, 0.4) is 0 Å². The van der Waals surface area contributed by atoms with E-state index in [0.717, 1.165) is 17.5 Å². The van der Waals surface area contributed by atoms with E-state index in [1.807, 2.05) is 24.5 Å². The van der Waals surface area contributed by atoms with Crippen molar-refractivity contribution in [2.45, 2.75) is 59.2 Å². The highest BCUT2D eigenvalue weighted by molar-refractivity contribution is 5.89. The first-order valence-electron chi connectivity index (χ1n) is 13.1. The summed E-state index contributed by atoms with van der Waals surface area (Å²) in [5, 5.41) is 14.3. The van der Waals surface area contributed by atoms with Gasteiger partial charge in [0.1, 0.15) is 28.4 Å². The summed E-state index contributed by atoms with van der Waals surface area (Å²) in [5.41, 5.74) is 1.26. The van der Waals surface area contributed by atoms with E-state index < -0.39 is 23.3 Å². The predicted molar refractivity (Wildman–Crippen MR) is 148 cm³/mol. The first-order chi connectivity index (χ1) is 19.3. The number of imidazole rings is 1. The van der Waals surface area contributed by atoms with E-state index in [1.54, 1.807) is 24.0 Å². The Balaban J connectivity index is 1.39. The standard InChI is InChI=1S/C28H30F2N8O3/c1-14(2)38-15(3)32-24-18(29)10-17(11-21(24)38)23-19(30)12-31-26(35-23)34-22-7-6-16-13-37(9-8-20(16)33-22)25(39)28(4,5)36-27(40)41/h6-7,10-12,14,36H,8-9,13H2,1-5H3,(H,40,41)(H,31,33,34,35). The molecule has 214 valence electrons. The molecule has 1 aliphatic rings. The molecule has 0 spiro atoms. The molecule has 11 nitrogen and oxygen atoms in total. The summed E-state index contributed by atoms with van der Waals surface area (Å²) >= 11 is 0. The molecule has 13 heteroatoms. The van der Waals surface area contributed by atoms with Gasteiger partial charge in [0.15, 0.2) is 11.6 Å². The number of benzene rings is 1. The highest BCUT2D eigenvalue weighted by Gasteiger charge is 2.35. The highest BCUT2D eigenvalue weighted by atomic mass is 19.1. The number of carbonyl (C=O) groups excluding carboxylic acids is 1. The molecule has 1 aromatic carbocycles. The van der Waals surface area contributed by atoms with E-state index in [0.29, 0.717) is 30.1 Å². The zero-order chi connectivity index (χ0) is 29.6. The third-order valence-corrected chi connectivity index (χ3v) is 6.99. The SMILES string of the molecule is Cc1nc2c(F)cc(-c3nc(Nc4ccc5c(n4)CCN(C(=O)C(C)(C)NC(=O)O)C5)ncc3F)cc2n1C(C)C. The molecule has 0 fully saturated rings. The molecule has 0 unspecified atom stereocenters. The van der Waals surface area contributed by atoms with Crippen LogP contribution in [0.5, 0.6) is 0 Å². The number of halogens is 2. The van der Waals surface area contributed by atoms with Crippen molar-refractivity contribution in [1.29, 1.82) is 0 Å². The van der Waals surface area contributed by atoms with Crippen LogP contribution in [0.25, 0.3) is 22.3 Å². The average molecular weight is 565 g/mol. The second kappa shape index (κ2) is 10.4. The van der Waals surface area contributed by atoms with Gasteiger partial charge in [0.05, 0.1) is 11.7 Å². The molecule has 0 radical (unpaired) electrons. The van der Waals surface area contributed by atoms with Gasteiger partial charge in [-0.3, -0.25) is 4.79 Å². The van der Waals surface area contributed by atoms with Crippen LogP contribution in [0.15, 0.2) is 30.5 Å². The molecule has 41 heavy (non-hydrogen) atoms. The van der Waals surface area contributed by atoms with E-state index in [-0.39, 0.29) is 41.2 Å². The van der Waals surface area contributed by atoms with Gasteiger partial charge in [-0.25, -0.2) is 33.5 Å². The van der Waals surface area contributed by atoms with Gasteiger partial charge < -0.3 is 25.2 Å². The van der Waals surface area contributed by atoms with E-state index in [4.69, 9.17) is 5.11 Å². The molecule has 4 heterocycles. The number of hydrogen-bond acceptors (Lipinski definition) is 7. The quantitative estimate of drug-likeness (QED) is 0.306. The molecule has 0 saturated heterocycles. The fourth-order valence-corrected chi connectivity index (χ4v) is 5.18. The minimum Gasteiger partial charge on any atom is -0.465 e. The predicted octanol–water partition coefficient (Wildman–Crippen LogP) is 4.73. The van der Waals surface area contributed by atoms with Crippen molar-refractivity contribution >= 4 is 34.8 Å². The van der Waals surface area contributed by atoms with Crippen LogP contribution >= 0.6 is 0 Å². The lowest BCUT2D eigenvalue weighted by atomic mass is 9.99. The van der Waals surface area contributed by atoms with Crippen molar-refractivity contribution in [3.63, 3.8) is 0 Å². The zero-order valence-corrected chi connectivity index (χ0v) is 23.3. The highest BCUT2D eigenvalue weighted by Crippen LogP contribution is 2.31. The largest absolute Gasteiger partial charge is 0.465 e. The van der Waals surface area contributed by atoms with Crippen LogP contribution in [-0.4, -0.2) is 58.6 Å². The van der Waals surface area contributed by atoms with Gasteiger partial charge in [0, 0.05) is 36.8 Å². The Kier molecular flexibility index (Phi) is 7.05. The maximum atomic E-state index is 15.0. The molecule has 0 aliphatic carbocycles. The van der Waals surface area contributed by atoms with E-state index in [9.17, 15) is 14.0 Å². The van der Waals surface area contributed by atoms with Crippen molar-refractivity contribution < 1.29 is 23.5 Å². The molecule has 2 amide bonds. The lowest BCUT2D eigenvalue weighted by Crippen LogP contribution is -2.56. The van der Waals surface area contributed by atoms with Crippen molar-refractivity contribution in [3.05, 3.63) is 59.2 Å². The average Bonchev–Trinajstić information content (AvgIpc) is 3.25. The van der Waals surface area contributed by atoms with Gasteiger partial charge in [-0.05, 0) is 58.4 Å². The summed E-state index contributed by atoms with van der Waals surface area (Å²) in [4.78, 5) is 42.9. The van der Waals surface area contributed by atoms with Crippen molar-refractivity contribution in [2.24, 2.45) is 0 Å². The minimum atomic E-state index is -1.27. The lowest BCUT2D eigenvalue weighted by molar-refractivity contribution is -0.137. The van der Waals surface area contributed by atoms with Crippen molar-refractivity contribution in [3.8, 4) is 11.3 Å². The molecule has 0 bridgehead atoms. The number of nitrogens with one attached hydrogen (secondary N) is 2. The van der Waals surface area contributed by atoms with Crippen molar-refractivity contribution in [1.82, 2.24) is 34.7 Å². The third-order valence-electron chi connectivity index (χ3n) is 6.99. The van der Waals surface area contributed by atoms with Crippen LogP contribution in [0.1, 0.15) is 50.8 Å². The van der Waals surface area contributed by atoms with Crippen LogP contribution in [-0.2, 0) is 17.8 Å². The van der Waals surface area contributed by atoms with E-state index in [2.05, 4.69) is 30.6 Å². The van der Waals surface area contributed by atoms with Crippen molar-refractivity contribution in [2.75, 3.05) is 11.9 Å². The monoisotopic (exact) mass is 564 g/mol. The molecule has 3 N–H and O–H groups in total. The molecular formula is C28H30F2N8O3. The minimum absolute atomic E-state index is 0.0234. The normalized spacial score (nSPS) is 13.4. The van der Waals surface area contributed by atoms with Gasteiger partial charge in [-0.2, -0.15) is 0 Å². The summed E-state index contributed by atoms with van der Waals surface area (Å²) < 4.78 is 31.8. The Morgan fingerprint density at radius 3 is 2.56 bits per heavy atom. The molecule has 5 rings (SSSR count). The van der Waals surface area contributed by atoms with Crippen LogP contribution < -0.4 is 10.6 Å². The Morgan fingerprint density at radius 1 is 1.10 bits per heavy atom. The number of nitrogens with zero attached hydrogens (tertiary/aromatic N) is 6. The molecule has 1 aliphatic heterocycles. The third kappa shape index (κ3) is 5.39. The summed E-state index contributed by atoms with van der Waals surface area (Å²) in [6.07, 6.45) is 0.205. The maximum Gasteiger partial charge on any atom is 0.405 e. The van der Waals surface area contributed by atoms with Crippen LogP contribution in [0, 0.1) is 18.6 Å². The van der Waals surface area contributed by atoms with Gasteiger partial charge >= 0.3 is 6.09 Å². The number of carbonyl (C=O) groups is 2. The fourth-order valence-electron chi connectivity index (χ4n) is 5.18. The Morgan fingerprint density at radius 2 is 1.85 bits per heavy atom. The Bertz CT molecular complexity index is 1680. The molecular weight excluding hydrogens is 534 g/mol. The second-order valence-corrected chi connectivity index (χ2v) is 10.8. The smallest absolute Gasteiger partial charge is 0.405 e. The summed E-state index contributed by atoms with van der Waals surface area (Å²) in [6.45, 7) is 9.41. The number of carboxylic acid groups (broad SMARTS) is 1. The van der Waals surface area contributed by atoms with Gasteiger partial charge in [-0.15, -0.1) is 0 Å². The second-order valence-electron chi connectivity index (χ2n) is 10.8. The number of aromatic nitrogens is 5. The first-order valence-corrected chi connectivity index (χ1v) is 13.1. The molecule has 0 saturated carbocycles. The summed E-state index contributed by atoms with van der Waals surface area (Å²) in [6, 6.07) is 6.41. The number of fused-ring (bicyclic) bond motifs is 2. The lowest BCUT2D eigenvalue weighted by Gasteiger charge is -2.34. The topological polar surface area (TPSA) is 138 Å². The maximum absolute atomic E-state index is 15.0. The zero-order valence-electron chi connectivity index (χ0n) is 23.3. The number of anilines is 2. The number of pyridine rings is 1. The molecule has 4 aromatic rings. The number of aryl methyl sites for hydroxylation is 1. The fraction of sp³-hybridized carbons (Fsp3) is 0.357. The number of rotatable bonds is 6. The van der Waals surface area contributed by atoms with Gasteiger partial charge in [-0.1, -0.05) is 6.07 Å². The molecule has 3 aromatic heterocycles. The number of hydrogen-bond donors (Lipinski definition) is 3.